The van der Waals surface area contributed by atoms with Crippen molar-refractivity contribution in [1.82, 2.24) is 0 Å². The van der Waals surface area contributed by atoms with Crippen LogP contribution in [0.1, 0.15) is 33.6 Å². The van der Waals surface area contributed by atoms with Gasteiger partial charge < -0.3 is 18.0 Å². The maximum Gasteiger partial charge on any atom is 0.503 e. The van der Waals surface area contributed by atoms with E-state index in [9.17, 15) is 65.9 Å². The van der Waals surface area contributed by atoms with Crippen molar-refractivity contribution >= 4 is 8.80 Å². The lowest BCUT2D eigenvalue weighted by molar-refractivity contribution is -0.476. The van der Waals surface area contributed by atoms with E-state index >= 15 is 8.78 Å². The van der Waals surface area contributed by atoms with E-state index in [2.05, 4.69) is 4.74 Å². The van der Waals surface area contributed by atoms with Gasteiger partial charge in [-0.25, -0.2) is 0 Å². The molecular formula is C18H21F17O4Si. The largest absolute Gasteiger partial charge is 0.503 e. The van der Waals surface area contributed by atoms with Gasteiger partial charge in [0.2, 0.25) is 5.79 Å². The van der Waals surface area contributed by atoms with Crippen LogP contribution in [-0.2, 0) is 18.0 Å². The molecule has 1 fully saturated rings. The predicted molar refractivity (Wildman–Crippen MR) is 99.2 cm³/mol. The second-order valence-electron chi connectivity index (χ2n) is 8.21. The molecule has 0 spiro atoms. The average Bonchev–Trinajstić information content (AvgIpc) is 2.78. The summed E-state index contributed by atoms with van der Waals surface area (Å²) in [7, 11) is -4.62. The van der Waals surface area contributed by atoms with Crippen LogP contribution in [0.3, 0.4) is 0 Å². The Hall–Kier alpha value is -1.13. The van der Waals surface area contributed by atoms with Crippen LogP contribution in [0.5, 0.6) is 0 Å². The topological polar surface area (TPSA) is 36.9 Å². The minimum absolute atomic E-state index is 0.459. The number of halogens is 17. The van der Waals surface area contributed by atoms with E-state index in [0.717, 1.165) is 6.92 Å². The van der Waals surface area contributed by atoms with Crippen molar-refractivity contribution in [2.24, 2.45) is 0 Å². The molecule has 22 heteroatoms. The van der Waals surface area contributed by atoms with E-state index in [4.69, 9.17) is 13.3 Å². The Balaban J connectivity index is 3.84. The van der Waals surface area contributed by atoms with Crippen molar-refractivity contribution in [1.29, 1.82) is 0 Å². The fourth-order valence-corrected chi connectivity index (χ4v) is 6.50. The van der Waals surface area contributed by atoms with Crippen LogP contribution in [0.15, 0.2) is 0 Å². The molecule has 240 valence electrons. The van der Waals surface area contributed by atoms with Gasteiger partial charge in [0, 0.05) is 32.3 Å². The molecule has 0 N–H and O–H groups in total. The zero-order valence-corrected chi connectivity index (χ0v) is 21.3. The molecule has 1 saturated heterocycles. The van der Waals surface area contributed by atoms with Gasteiger partial charge in [-0.3, -0.25) is 0 Å². The Morgan fingerprint density at radius 1 is 0.575 bits per heavy atom. The highest BCUT2D eigenvalue weighted by molar-refractivity contribution is 6.61. The Bertz CT molecular complexity index is 863. The van der Waals surface area contributed by atoms with E-state index in [1.807, 2.05) is 0 Å². The molecule has 0 radical (unpaired) electrons. The van der Waals surface area contributed by atoms with Gasteiger partial charge >= 0.3 is 56.4 Å². The van der Waals surface area contributed by atoms with Gasteiger partial charge in [-0.2, -0.15) is 74.6 Å². The van der Waals surface area contributed by atoms with Crippen molar-refractivity contribution in [2.75, 3.05) is 19.8 Å². The van der Waals surface area contributed by atoms with Gasteiger partial charge in [0.15, 0.2) is 0 Å². The van der Waals surface area contributed by atoms with E-state index in [-0.39, 0.29) is 0 Å². The minimum Gasteiger partial charge on any atom is -0.374 e. The number of rotatable bonds is 13. The van der Waals surface area contributed by atoms with Crippen molar-refractivity contribution in [3.05, 3.63) is 0 Å². The molecular weight excluding hydrogens is 631 g/mol. The molecule has 1 aliphatic rings. The van der Waals surface area contributed by atoms with E-state index in [1.54, 1.807) is 0 Å². The third-order valence-electron chi connectivity index (χ3n) is 5.62. The van der Waals surface area contributed by atoms with Crippen molar-refractivity contribution < 1.29 is 92.7 Å². The van der Waals surface area contributed by atoms with Gasteiger partial charge in [0.25, 0.3) is 0 Å². The first kappa shape index (κ1) is 36.9. The van der Waals surface area contributed by atoms with E-state index < -0.39 is 101 Å². The van der Waals surface area contributed by atoms with Crippen molar-refractivity contribution in [3.63, 3.8) is 0 Å². The Labute approximate surface area is 215 Å². The highest BCUT2D eigenvalue weighted by atomic mass is 28.4. The molecule has 0 amide bonds. The summed E-state index contributed by atoms with van der Waals surface area (Å²) < 4.78 is 253. The van der Waals surface area contributed by atoms with E-state index in [1.165, 1.54) is 13.8 Å². The van der Waals surface area contributed by atoms with Gasteiger partial charge in [-0.05, 0) is 27.2 Å². The van der Waals surface area contributed by atoms with Crippen LogP contribution >= 0.6 is 0 Å². The Morgan fingerprint density at radius 3 is 1.30 bits per heavy atom. The quantitative estimate of drug-likeness (QED) is 0.152. The molecule has 1 unspecified atom stereocenters. The normalized spacial score (nSPS) is 22.5. The van der Waals surface area contributed by atoms with Gasteiger partial charge in [-0.1, -0.05) is 0 Å². The summed E-state index contributed by atoms with van der Waals surface area (Å²) in [5.41, 5.74) is 0. The maximum absolute atomic E-state index is 15.2. The van der Waals surface area contributed by atoms with Gasteiger partial charge in [-0.15, -0.1) is 0 Å². The third kappa shape index (κ3) is 5.05. The fraction of sp³-hybridized carbons (Fsp3) is 1.00. The number of hydrogen-bond donors (Lipinski definition) is 0. The maximum atomic E-state index is 15.2. The minimum atomic E-state index is -8.72. The second-order valence-corrected chi connectivity index (χ2v) is 10.9. The number of hydrogen-bond acceptors (Lipinski definition) is 4. The summed E-state index contributed by atoms with van der Waals surface area (Å²) in [5.74, 6) is -62.0. The van der Waals surface area contributed by atoms with Crippen LogP contribution in [-0.4, -0.2) is 82.0 Å². The standard InChI is InChI=1S/C18H21F17O4Si/c1-4-36-10(8-7-9-40(39-10,37-5-2)38-6-3)11(19,20)12(21,22)13(23,24)14(25,26)15(27,28)16(29,30)17(31,32)18(33,34)35/h4-9H2,1-3H3. The van der Waals surface area contributed by atoms with Crippen LogP contribution in [0, 0.1) is 0 Å². The summed E-state index contributed by atoms with van der Waals surface area (Å²) >= 11 is 0. The molecule has 0 aromatic rings. The lowest BCUT2D eigenvalue weighted by atomic mass is 9.85. The Morgan fingerprint density at radius 2 is 0.950 bits per heavy atom. The molecule has 0 saturated carbocycles. The third-order valence-corrected chi connectivity index (χ3v) is 8.68. The zero-order valence-electron chi connectivity index (χ0n) is 20.3. The van der Waals surface area contributed by atoms with Crippen molar-refractivity contribution in [2.45, 2.75) is 93.1 Å². The molecule has 0 aromatic carbocycles. The second kappa shape index (κ2) is 10.9. The fourth-order valence-electron chi connectivity index (χ4n) is 3.63. The van der Waals surface area contributed by atoms with E-state index in [0.29, 0.717) is 0 Å². The Kier molecular flexibility index (Phi) is 10.0. The first-order valence-corrected chi connectivity index (χ1v) is 12.9. The monoisotopic (exact) mass is 652 g/mol. The molecule has 0 aliphatic carbocycles. The summed E-state index contributed by atoms with van der Waals surface area (Å²) in [6, 6.07) is -0.478. The van der Waals surface area contributed by atoms with Crippen LogP contribution in [0.4, 0.5) is 74.6 Å². The van der Waals surface area contributed by atoms with Gasteiger partial charge in [0.1, 0.15) is 0 Å². The first-order chi connectivity index (χ1) is 17.6. The highest BCUT2D eigenvalue weighted by Gasteiger charge is 2.96. The molecule has 4 nitrogen and oxygen atoms in total. The SMILES string of the molecule is CCOC1(C(F)(F)C(F)(F)C(F)(F)C(F)(F)C(F)(F)C(F)(F)C(F)(F)C(F)(F)F)CCC[Si](OCC)(OCC)O1. The molecule has 0 bridgehead atoms. The molecule has 0 aromatic heterocycles. The summed E-state index contributed by atoms with van der Waals surface area (Å²) in [4.78, 5) is 0. The summed E-state index contributed by atoms with van der Waals surface area (Å²) in [5, 5.41) is 0. The van der Waals surface area contributed by atoms with Crippen LogP contribution < -0.4 is 0 Å². The van der Waals surface area contributed by atoms with Crippen molar-refractivity contribution in [3.8, 4) is 0 Å². The smallest absolute Gasteiger partial charge is 0.374 e. The average molecular weight is 652 g/mol. The molecule has 1 rings (SSSR count). The first-order valence-electron chi connectivity index (χ1n) is 10.9. The summed E-state index contributed by atoms with van der Waals surface area (Å²) in [6.45, 7) is 1.07. The lowest BCUT2D eigenvalue weighted by Crippen LogP contribution is -2.78. The highest BCUT2D eigenvalue weighted by Crippen LogP contribution is 2.65. The molecule has 1 aliphatic heterocycles. The molecule has 1 atom stereocenters. The predicted octanol–water partition coefficient (Wildman–Crippen LogP) is 7.55. The zero-order chi connectivity index (χ0) is 32.1. The summed E-state index contributed by atoms with van der Waals surface area (Å²) in [6.07, 6.45) is -10.1. The number of alkyl halides is 17. The van der Waals surface area contributed by atoms with Gasteiger partial charge in [0.05, 0.1) is 0 Å². The lowest BCUT2D eigenvalue weighted by Gasteiger charge is -2.51. The molecule has 40 heavy (non-hydrogen) atoms. The van der Waals surface area contributed by atoms with Crippen LogP contribution in [0.25, 0.3) is 0 Å². The number of ether oxygens (including phenoxy) is 1. The molecule has 1 heterocycles. The van der Waals surface area contributed by atoms with Crippen LogP contribution in [0.2, 0.25) is 6.04 Å².